The van der Waals surface area contributed by atoms with Crippen LogP contribution in [-0.4, -0.2) is 27.6 Å². The predicted octanol–water partition coefficient (Wildman–Crippen LogP) is 4.72. The van der Waals surface area contributed by atoms with Gasteiger partial charge < -0.3 is 15.0 Å². The zero-order valence-corrected chi connectivity index (χ0v) is 18.4. The molecule has 9 nitrogen and oxygen atoms in total. The number of hydrogen-bond donors (Lipinski definition) is 1. The monoisotopic (exact) mass is 459 g/mol. The molecule has 0 radical (unpaired) electrons. The first-order chi connectivity index (χ1) is 15.8. The largest absolute Gasteiger partial charge is 0.464 e. The van der Waals surface area contributed by atoms with Gasteiger partial charge in [-0.2, -0.15) is 5.26 Å². The minimum absolute atomic E-state index is 0.0397. The molecule has 0 saturated carbocycles. The lowest BCUT2D eigenvalue weighted by Gasteiger charge is -2.09. The summed E-state index contributed by atoms with van der Waals surface area (Å²) < 4.78 is 6.35. The molecule has 10 heteroatoms. The molecule has 4 rings (SSSR count). The van der Waals surface area contributed by atoms with Crippen molar-refractivity contribution in [2.45, 2.75) is 6.92 Å². The average Bonchev–Trinajstić information content (AvgIpc) is 3.44. The Morgan fingerprint density at radius 3 is 2.76 bits per heavy atom. The highest BCUT2D eigenvalue weighted by Gasteiger charge is 2.22. The average molecular weight is 459 g/mol. The van der Waals surface area contributed by atoms with Crippen molar-refractivity contribution in [1.82, 2.24) is 9.55 Å². The van der Waals surface area contributed by atoms with E-state index in [1.54, 1.807) is 31.2 Å². The Morgan fingerprint density at radius 1 is 1.27 bits per heavy atom. The van der Waals surface area contributed by atoms with E-state index in [4.69, 9.17) is 10.5 Å². The van der Waals surface area contributed by atoms with Gasteiger partial charge in [-0.05, 0) is 19.1 Å². The van der Waals surface area contributed by atoms with E-state index in [0.717, 1.165) is 5.56 Å². The number of esters is 1. The summed E-state index contributed by atoms with van der Waals surface area (Å²) in [6.45, 7) is 1.69. The van der Waals surface area contributed by atoms with Crippen LogP contribution >= 0.6 is 11.3 Å². The smallest absolute Gasteiger partial charge is 0.357 e. The topological polar surface area (TPSA) is 137 Å². The molecule has 2 heterocycles. The van der Waals surface area contributed by atoms with Crippen molar-refractivity contribution in [3.05, 3.63) is 81.0 Å². The van der Waals surface area contributed by atoms with Gasteiger partial charge in [-0.3, -0.25) is 10.1 Å². The van der Waals surface area contributed by atoms with Gasteiger partial charge in [0.05, 0.1) is 29.0 Å². The van der Waals surface area contributed by atoms with Gasteiger partial charge in [-0.25, -0.2) is 9.78 Å². The van der Waals surface area contributed by atoms with E-state index < -0.39 is 10.9 Å². The third-order valence-corrected chi connectivity index (χ3v) is 6.01. The Balaban J connectivity index is 1.75. The number of nitro groups is 1. The standard InChI is InChI=1S/C23H17N5O4S/c1-13-6-7-14(9-19(13)28(30)31)18-12-33-22(26-18)15-4-3-5-17(8-15)27-11-16(10-24)20(25)21(27)23(29)32-2/h3-9,11-12H,25H2,1-2H3. The van der Waals surface area contributed by atoms with Crippen LogP contribution in [0.2, 0.25) is 0 Å². The number of nitro benzene ring substituents is 1. The molecule has 0 fully saturated rings. The number of thiazole rings is 1. The molecular weight excluding hydrogens is 442 g/mol. The van der Waals surface area contributed by atoms with Crippen molar-refractivity contribution in [3.63, 3.8) is 0 Å². The molecule has 2 aromatic carbocycles. The number of aromatic nitrogens is 2. The van der Waals surface area contributed by atoms with Crippen molar-refractivity contribution in [3.8, 4) is 33.6 Å². The van der Waals surface area contributed by atoms with Crippen LogP contribution in [0.25, 0.3) is 27.5 Å². The molecule has 4 aromatic rings. The van der Waals surface area contributed by atoms with Gasteiger partial charge in [-0.1, -0.05) is 24.3 Å². The number of aryl methyl sites for hydroxylation is 1. The molecule has 2 aromatic heterocycles. The predicted molar refractivity (Wildman–Crippen MR) is 124 cm³/mol. The number of nitrogen functional groups attached to an aromatic ring is 1. The molecule has 0 amide bonds. The van der Waals surface area contributed by atoms with Crippen molar-refractivity contribution in [2.24, 2.45) is 0 Å². The number of nitriles is 1. The van der Waals surface area contributed by atoms with E-state index in [9.17, 15) is 20.2 Å². The molecule has 0 saturated heterocycles. The second-order valence-corrected chi connectivity index (χ2v) is 7.98. The first-order valence-corrected chi connectivity index (χ1v) is 10.5. The van der Waals surface area contributed by atoms with E-state index in [-0.39, 0.29) is 22.6 Å². The van der Waals surface area contributed by atoms with Gasteiger partial charge in [0.2, 0.25) is 0 Å². The number of rotatable bonds is 5. The summed E-state index contributed by atoms with van der Waals surface area (Å²) in [6.07, 6.45) is 1.49. The number of benzene rings is 2. The summed E-state index contributed by atoms with van der Waals surface area (Å²) in [5.74, 6) is -0.656. The van der Waals surface area contributed by atoms with E-state index in [1.807, 2.05) is 23.6 Å². The highest BCUT2D eigenvalue weighted by Crippen LogP contribution is 2.33. The molecule has 0 aliphatic rings. The van der Waals surface area contributed by atoms with E-state index in [1.165, 1.54) is 35.3 Å². The normalized spacial score (nSPS) is 10.6. The van der Waals surface area contributed by atoms with Crippen LogP contribution in [0.15, 0.2) is 54.0 Å². The van der Waals surface area contributed by atoms with Crippen LogP contribution in [0, 0.1) is 28.4 Å². The highest BCUT2D eigenvalue weighted by atomic mass is 32.1. The molecule has 0 aliphatic carbocycles. The number of nitrogens with zero attached hydrogens (tertiary/aromatic N) is 4. The van der Waals surface area contributed by atoms with E-state index >= 15 is 0 Å². The van der Waals surface area contributed by atoms with Gasteiger partial charge >= 0.3 is 5.97 Å². The van der Waals surface area contributed by atoms with Crippen LogP contribution in [0.1, 0.15) is 21.6 Å². The number of methoxy groups -OCH3 is 1. The number of carbonyl (C=O) groups is 1. The van der Waals surface area contributed by atoms with Crippen molar-refractivity contribution >= 4 is 28.7 Å². The molecule has 2 N–H and O–H groups in total. The first kappa shape index (κ1) is 21.7. The quantitative estimate of drug-likeness (QED) is 0.259. The fourth-order valence-corrected chi connectivity index (χ4v) is 4.24. The lowest BCUT2D eigenvalue weighted by atomic mass is 10.1. The van der Waals surface area contributed by atoms with Gasteiger partial charge in [-0.15, -0.1) is 11.3 Å². The summed E-state index contributed by atoms with van der Waals surface area (Å²) in [5.41, 5.74) is 9.53. The second-order valence-electron chi connectivity index (χ2n) is 7.13. The molecule has 164 valence electrons. The maximum absolute atomic E-state index is 12.3. The number of carbonyl (C=O) groups excluding carboxylic acids is 1. The number of hydrogen-bond acceptors (Lipinski definition) is 8. The summed E-state index contributed by atoms with van der Waals surface area (Å²) in [7, 11) is 1.24. The fraction of sp³-hybridized carbons (Fsp3) is 0.0870. The zero-order valence-electron chi connectivity index (χ0n) is 17.6. The first-order valence-electron chi connectivity index (χ1n) is 9.65. The lowest BCUT2D eigenvalue weighted by molar-refractivity contribution is -0.385. The Morgan fingerprint density at radius 2 is 2.06 bits per heavy atom. The maximum Gasteiger partial charge on any atom is 0.357 e. The minimum Gasteiger partial charge on any atom is -0.464 e. The number of ether oxygens (including phenoxy) is 1. The third-order valence-electron chi connectivity index (χ3n) is 5.12. The SMILES string of the molecule is COC(=O)c1c(N)c(C#N)cn1-c1cccc(-c2nc(-c3ccc(C)c([N+](=O)[O-])c3)cs2)c1. The second kappa shape index (κ2) is 8.57. The number of anilines is 1. The van der Waals surface area contributed by atoms with Gasteiger partial charge in [0.15, 0.2) is 5.69 Å². The van der Waals surface area contributed by atoms with Crippen LogP contribution < -0.4 is 5.73 Å². The lowest BCUT2D eigenvalue weighted by Crippen LogP contribution is -2.11. The van der Waals surface area contributed by atoms with E-state index in [0.29, 0.717) is 27.5 Å². The summed E-state index contributed by atoms with van der Waals surface area (Å²) in [6, 6.07) is 14.2. The van der Waals surface area contributed by atoms with E-state index in [2.05, 4.69) is 4.98 Å². The molecule has 0 aliphatic heterocycles. The summed E-state index contributed by atoms with van der Waals surface area (Å²) >= 11 is 1.39. The third kappa shape index (κ3) is 3.93. The molecule has 33 heavy (non-hydrogen) atoms. The fourth-order valence-electron chi connectivity index (χ4n) is 3.41. The van der Waals surface area contributed by atoms with Gasteiger partial charge in [0.25, 0.3) is 5.69 Å². The minimum atomic E-state index is -0.656. The van der Waals surface area contributed by atoms with Crippen molar-refractivity contribution in [2.75, 3.05) is 12.8 Å². The van der Waals surface area contributed by atoms with Gasteiger partial charge in [0, 0.05) is 40.0 Å². The summed E-state index contributed by atoms with van der Waals surface area (Å²) in [4.78, 5) is 27.8. The Labute approximate surface area is 192 Å². The van der Waals surface area contributed by atoms with Crippen LogP contribution in [-0.2, 0) is 4.74 Å². The Bertz CT molecular complexity index is 1450. The number of nitrogens with two attached hydrogens (primary N) is 1. The Hall–Kier alpha value is -4.49. The molecule has 0 bridgehead atoms. The highest BCUT2D eigenvalue weighted by molar-refractivity contribution is 7.13. The van der Waals surface area contributed by atoms with Crippen LogP contribution in [0.4, 0.5) is 11.4 Å². The van der Waals surface area contributed by atoms with Crippen LogP contribution in [0.3, 0.4) is 0 Å². The zero-order chi connectivity index (χ0) is 23.7. The summed E-state index contributed by atoms with van der Waals surface area (Å²) in [5, 5.41) is 23.1. The van der Waals surface area contributed by atoms with Crippen LogP contribution in [0.5, 0.6) is 0 Å². The maximum atomic E-state index is 12.3. The molecule has 0 atom stereocenters. The van der Waals surface area contributed by atoms with Crippen molar-refractivity contribution in [1.29, 1.82) is 5.26 Å². The Kier molecular flexibility index (Phi) is 5.64. The molecular formula is C23H17N5O4S. The molecule has 0 unspecified atom stereocenters. The van der Waals surface area contributed by atoms with Crippen molar-refractivity contribution < 1.29 is 14.5 Å². The molecule has 0 spiro atoms. The van der Waals surface area contributed by atoms with Gasteiger partial charge in [0.1, 0.15) is 11.1 Å².